The largest absolute Gasteiger partial charge is 0.468 e. The summed E-state index contributed by atoms with van der Waals surface area (Å²) in [6, 6.07) is 8.15. The van der Waals surface area contributed by atoms with Crippen molar-refractivity contribution in [3.8, 4) is 0 Å². The van der Waals surface area contributed by atoms with Crippen LogP contribution in [0.25, 0.3) is 10.9 Å². The zero-order chi connectivity index (χ0) is 14.4. The van der Waals surface area contributed by atoms with Crippen LogP contribution in [0.2, 0.25) is 0 Å². The lowest BCUT2D eigenvalue weighted by atomic mass is 10.1. The van der Waals surface area contributed by atoms with E-state index >= 15 is 0 Å². The lowest BCUT2D eigenvalue weighted by Crippen LogP contribution is -2.19. The first kappa shape index (κ1) is 14.6. The number of fused-ring (bicyclic) bond motifs is 1. The molecule has 1 N–H and O–H groups in total. The van der Waals surface area contributed by atoms with Crippen molar-refractivity contribution in [1.82, 2.24) is 9.88 Å². The molecule has 1 aromatic heterocycles. The third-order valence-corrected chi connectivity index (χ3v) is 3.20. The van der Waals surface area contributed by atoms with Gasteiger partial charge in [-0.1, -0.05) is 18.2 Å². The molecule has 2 aromatic rings. The molecule has 0 radical (unpaired) electrons. The minimum absolute atomic E-state index is 0.231. The molecule has 20 heavy (non-hydrogen) atoms. The summed E-state index contributed by atoms with van der Waals surface area (Å²) in [7, 11) is 3.09. The van der Waals surface area contributed by atoms with Crippen LogP contribution in [0, 0.1) is 0 Å². The molecule has 0 unspecified atom stereocenters. The second kappa shape index (κ2) is 7.07. The van der Waals surface area contributed by atoms with E-state index in [9.17, 15) is 4.79 Å². The first-order valence-corrected chi connectivity index (χ1v) is 6.59. The van der Waals surface area contributed by atoms with Crippen LogP contribution in [-0.2, 0) is 27.4 Å². The molecule has 0 fully saturated rings. The number of ether oxygens (including phenoxy) is 2. The van der Waals surface area contributed by atoms with Gasteiger partial charge in [-0.25, -0.2) is 0 Å². The Hall–Kier alpha value is -1.85. The van der Waals surface area contributed by atoms with E-state index in [0.717, 1.165) is 29.6 Å². The highest BCUT2D eigenvalue weighted by Crippen LogP contribution is 2.20. The van der Waals surface area contributed by atoms with Crippen molar-refractivity contribution in [2.45, 2.75) is 13.1 Å². The van der Waals surface area contributed by atoms with E-state index in [0.29, 0.717) is 6.61 Å². The molecule has 5 nitrogen and oxygen atoms in total. The fourth-order valence-corrected chi connectivity index (χ4v) is 2.22. The number of aromatic nitrogens is 1. The van der Waals surface area contributed by atoms with Crippen LogP contribution >= 0.6 is 0 Å². The SMILES string of the molecule is COCCNCc1cccc2ccn(CC(=O)OC)c12. The van der Waals surface area contributed by atoms with Gasteiger partial charge in [0, 0.05) is 26.4 Å². The lowest BCUT2D eigenvalue weighted by Gasteiger charge is -2.10. The van der Waals surface area contributed by atoms with Gasteiger partial charge in [0.15, 0.2) is 0 Å². The summed E-state index contributed by atoms with van der Waals surface area (Å²) in [5.74, 6) is -0.246. The summed E-state index contributed by atoms with van der Waals surface area (Å²) >= 11 is 0. The number of para-hydroxylation sites is 1. The molecular weight excluding hydrogens is 256 g/mol. The number of nitrogens with zero attached hydrogens (tertiary/aromatic N) is 1. The molecule has 0 bridgehead atoms. The van der Waals surface area contributed by atoms with Crippen LogP contribution in [-0.4, -0.2) is 37.9 Å². The molecule has 0 atom stereocenters. The van der Waals surface area contributed by atoms with Crippen molar-refractivity contribution in [2.24, 2.45) is 0 Å². The number of hydrogen-bond acceptors (Lipinski definition) is 4. The number of carbonyl (C=O) groups is 1. The summed E-state index contributed by atoms with van der Waals surface area (Å²) in [5, 5.41) is 4.45. The van der Waals surface area contributed by atoms with Crippen molar-refractivity contribution in [2.75, 3.05) is 27.4 Å². The van der Waals surface area contributed by atoms with Crippen LogP contribution < -0.4 is 5.32 Å². The number of nitrogens with one attached hydrogen (secondary N) is 1. The predicted octanol–water partition coefficient (Wildman–Crippen LogP) is 1.55. The normalized spacial score (nSPS) is 10.9. The van der Waals surface area contributed by atoms with Crippen LogP contribution in [0.3, 0.4) is 0 Å². The number of carbonyl (C=O) groups excluding carboxylic acids is 1. The lowest BCUT2D eigenvalue weighted by molar-refractivity contribution is -0.141. The molecule has 1 aromatic carbocycles. The highest BCUT2D eigenvalue weighted by atomic mass is 16.5. The number of benzene rings is 1. The maximum Gasteiger partial charge on any atom is 0.325 e. The minimum atomic E-state index is -0.246. The van der Waals surface area contributed by atoms with E-state index in [1.165, 1.54) is 7.11 Å². The van der Waals surface area contributed by atoms with Crippen LogP contribution in [0.1, 0.15) is 5.56 Å². The van der Waals surface area contributed by atoms with Gasteiger partial charge in [0.25, 0.3) is 0 Å². The Morgan fingerprint density at radius 2 is 2.15 bits per heavy atom. The Balaban J connectivity index is 2.20. The van der Waals surface area contributed by atoms with Gasteiger partial charge < -0.3 is 19.4 Å². The van der Waals surface area contributed by atoms with Crippen molar-refractivity contribution >= 4 is 16.9 Å². The predicted molar refractivity (Wildman–Crippen MR) is 77.5 cm³/mol. The van der Waals surface area contributed by atoms with E-state index < -0.39 is 0 Å². The van der Waals surface area contributed by atoms with E-state index in [-0.39, 0.29) is 12.5 Å². The van der Waals surface area contributed by atoms with E-state index in [4.69, 9.17) is 9.47 Å². The summed E-state index contributed by atoms with van der Waals surface area (Å²) in [5.41, 5.74) is 2.23. The molecule has 5 heteroatoms. The molecule has 2 rings (SSSR count). The number of hydrogen-bond donors (Lipinski definition) is 1. The molecule has 108 valence electrons. The van der Waals surface area contributed by atoms with Crippen molar-refractivity contribution in [3.05, 3.63) is 36.0 Å². The third-order valence-electron chi connectivity index (χ3n) is 3.20. The van der Waals surface area contributed by atoms with Gasteiger partial charge in [0.05, 0.1) is 19.2 Å². The summed E-state index contributed by atoms with van der Waals surface area (Å²) < 4.78 is 11.7. The molecule has 0 spiro atoms. The van der Waals surface area contributed by atoms with Crippen molar-refractivity contribution in [1.29, 1.82) is 0 Å². The molecule has 0 aliphatic carbocycles. The standard InChI is InChI=1S/C15H20N2O3/c1-19-9-7-16-10-13-5-3-4-12-6-8-17(15(12)13)11-14(18)20-2/h3-6,8,16H,7,9-11H2,1-2H3. The van der Waals surface area contributed by atoms with Gasteiger partial charge >= 0.3 is 5.97 Å². The molecule has 0 saturated carbocycles. The second-order valence-electron chi connectivity index (χ2n) is 4.54. The first-order chi connectivity index (χ1) is 9.76. The van der Waals surface area contributed by atoms with Crippen LogP contribution in [0.4, 0.5) is 0 Å². The average Bonchev–Trinajstić information content (AvgIpc) is 2.87. The highest BCUT2D eigenvalue weighted by molar-refractivity contribution is 5.84. The fraction of sp³-hybridized carbons (Fsp3) is 0.400. The van der Waals surface area contributed by atoms with Gasteiger partial charge in [-0.2, -0.15) is 0 Å². The Morgan fingerprint density at radius 1 is 1.30 bits per heavy atom. The number of esters is 1. The maximum atomic E-state index is 11.5. The third kappa shape index (κ3) is 3.37. The summed E-state index contributed by atoms with van der Waals surface area (Å²) in [4.78, 5) is 11.5. The summed E-state index contributed by atoms with van der Waals surface area (Å²) in [6.45, 7) is 2.45. The van der Waals surface area contributed by atoms with Crippen LogP contribution in [0.15, 0.2) is 30.5 Å². The molecule has 0 saturated heterocycles. The van der Waals surface area contributed by atoms with Gasteiger partial charge in [0.2, 0.25) is 0 Å². The minimum Gasteiger partial charge on any atom is -0.468 e. The van der Waals surface area contributed by atoms with Gasteiger partial charge in [-0.3, -0.25) is 4.79 Å². The zero-order valence-electron chi connectivity index (χ0n) is 11.9. The van der Waals surface area contributed by atoms with Crippen molar-refractivity contribution in [3.63, 3.8) is 0 Å². The van der Waals surface area contributed by atoms with Gasteiger partial charge in [-0.05, 0) is 17.0 Å². The van der Waals surface area contributed by atoms with E-state index in [2.05, 4.69) is 11.4 Å². The molecule has 1 heterocycles. The topological polar surface area (TPSA) is 52.5 Å². The molecule has 0 amide bonds. The Labute approximate surface area is 118 Å². The number of rotatable bonds is 7. The first-order valence-electron chi connectivity index (χ1n) is 6.59. The molecular formula is C15H20N2O3. The molecule has 0 aliphatic heterocycles. The quantitative estimate of drug-likeness (QED) is 0.616. The Morgan fingerprint density at radius 3 is 2.90 bits per heavy atom. The Kier molecular flexibility index (Phi) is 5.15. The smallest absolute Gasteiger partial charge is 0.325 e. The van der Waals surface area contributed by atoms with Gasteiger partial charge in [-0.15, -0.1) is 0 Å². The maximum absolute atomic E-state index is 11.5. The monoisotopic (exact) mass is 276 g/mol. The van der Waals surface area contributed by atoms with Gasteiger partial charge in [0.1, 0.15) is 6.54 Å². The summed E-state index contributed by atoms with van der Waals surface area (Å²) in [6.07, 6.45) is 1.92. The Bertz CT molecular complexity index is 578. The molecule has 0 aliphatic rings. The average molecular weight is 276 g/mol. The van der Waals surface area contributed by atoms with Crippen LogP contribution in [0.5, 0.6) is 0 Å². The van der Waals surface area contributed by atoms with E-state index in [1.807, 2.05) is 29.0 Å². The zero-order valence-corrected chi connectivity index (χ0v) is 11.9. The second-order valence-corrected chi connectivity index (χ2v) is 4.54. The number of methoxy groups -OCH3 is 2. The van der Waals surface area contributed by atoms with Crippen molar-refractivity contribution < 1.29 is 14.3 Å². The highest BCUT2D eigenvalue weighted by Gasteiger charge is 2.09. The fourth-order valence-electron chi connectivity index (χ4n) is 2.22. The van der Waals surface area contributed by atoms with E-state index in [1.54, 1.807) is 7.11 Å².